The van der Waals surface area contributed by atoms with E-state index in [9.17, 15) is 10.1 Å². The normalized spacial score (nSPS) is 10.1. The first-order chi connectivity index (χ1) is 8.54. The summed E-state index contributed by atoms with van der Waals surface area (Å²) in [4.78, 5) is 10.5. The topological polar surface area (TPSA) is 64.4 Å². The van der Waals surface area contributed by atoms with Gasteiger partial charge in [0.2, 0.25) is 0 Å². The van der Waals surface area contributed by atoms with Crippen LogP contribution in [0.2, 0.25) is 0 Å². The molecule has 0 radical (unpaired) electrons. The molecular formula is C13H18N2O3. The van der Waals surface area contributed by atoms with Crippen LogP contribution in [-0.2, 0) is 6.54 Å². The van der Waals surface area contributed by atoms with Crippen molar-refractivity contribution < 1.29 is 9.66 Å². The maximum Gasteiger partial charge on any atom is 0.311 e. The average molecular weight is 250 g/mol. The standard InChI is InChI=1S/C13H18N2O3/c1-4-14-8-11-5-6-13(18-9-10(2)3)12(7-11)15(16)17/h5-7,14H,2,4,8-9H2,1,3H3. The second-order valence-electron chi connectivity index (χ2n) is 4.09. The molecule has 1 aromatic carbocycles. The minimum Gasteiger partial charge on any atom is -0.482 e. The number of ether oxygens (including phenoxy) is 1. The van der Waals surface area contributed by atoms with E-state index in [1.165, 1.54) is 6.07 Å². The third kappa shape index (κ3) is 4.18. The van der Waals surface area contributed by atoms with Gasteiger partial charge in [-0.25, -0.2) is 0 Å². The third-order valence-corrected chi connectivity index (χ3v) is 2.27. The number of nitro groups is 1. The van der Waals surface area contributed by atoms with Crippen LogP contribution in [0.15, 0.2) is 30.4 Å². The van der Waals surface area contributed by atoms with Gasteiger partial charge in [-0.1, -0.05) is 19.6 Å². The van der Waals surface area contributed by atoms with Gasteiger partial charge >= 0.3 is 5.69 Å². The number of nitrogens with one attached hydrogen (secondary N) is 1. The molecule has 98 valence electrons. The van der Waals surface area contributed by atoms with Crippen LogP contribution in [0.1, 0.15) is 19.4 Å². The number of rotatable bonds is 7. The van der Waals surface area contributed by atoms with Crippen LogP contribution >= 0.6 is 0 Å². The second kappa shape index (κ2) is 6.76. The monoisotopic (exact) mass is 250 g/mol. The van der Waals surface area contributed by atoms with Gasteiger partial charge in [0.1, 0.15) is 6.61 Å². The molecule has 5 nitrogen and oxygen atoms in total. The lowest BCUT2D eigenvalue weighted by atomic mass is 10.2. The van der Waals surface area contributed by atoms with E-state index in [0.29, 0.717) is 6.54 Å². The van der Waals surface area contributed by atoms with Crippen molar-refractivity contribution in [2.24, 2.45) is 0 Å². The van der Waals surface area contributed by atoms with Crippen LogP contribution in [0.4, 0.5) is 5.69 Å². The summed E-state index contributed by atoms with van der Waals surface area (Å²) in [5.41, 5.74) is 1.68. The fraction of sp³-hybridized carbons (Fsp3) is 0.385. The molecule has 0 fully saturated rings. The molecule has 0 bridgehead atoms. The summed E-state index contributed by atoms with van der Waals surface area (Å²) in [6.45, 7) is 9.21. The second-order valence-corrected chi connectivity index (χ2v) is 4.09. The van der Waals surface area contributed by atoms with E-state index in [-0.39, 0.29) is 18.0 Å². The lowest BCUT2D eigenvalue weighted by Gasteiger charge is -2.08. The number of hydrogen-bond acceptors (Lipinski definition) is 4. The lowest BCUT2D eigenvalue weighted by molar-refractivity contribution is -0.385. The Hall–Kier alpha value is -1.88. The van der Waals surface area contributed by atoms with E-state index in [1.807, 2.05) is 19.9 Å². The smallest absolute Gasteiger partial charge is 0.311 e. The Balaban J connectivity index is 2.89. The first kappa shape index (κ1) is 14.2. The molecule has 0 aliphatic carbocycles. The maximum atomic E-state index is 11.0. The number of hydrogen-bond donors (Lipinski definition) is 1. The van der Waals surface area contributed by atoms with Crippen LogP contribution < -0.4 is 10.1 Å². The van der Waals surface area contributed by atoms with Gasteiger partial charge in [0.25, 0.3) is 0 Å². The molecule has 0 aliphatic heterocycles. The summed E-state index contributed by atoms with van der Waals surface area (Å²) in [5, 5.41) is 14.1. The van der Waals surface area contributed by atoms with Crippen LogP contribution in [-0.4, -0.2) is 18.1 Å². The SMILES string of the molecule is C=C(C)COc1ccc(CNCC)cc1[N+](=O)[O-]. The zero-order valence-electron chi connectivity index (χ0n) is 10.7. The Morgan fingerprint density at radius 1 is 1.56 bits per heavy atom. The lowest BCUT2D eigenvalue weighted by Crippen LogP contribution is -2.12. The molecule has 0 aliphatic rings. The first-order valence-electron chi connectivity index (χ1n) is 5.79. The number of nitro benzene ring substituents is 1. The predicted molar refractivity (Wildman–Crippen MR) is 70.8 cm³/mol. The molecular weight excluding hydrogens is 232 g/mol. The van der Waals surface area contributed by atoms with Gasteiger partial charge in [-0.2, -0.15) is 0 Å². The van der Waals surface area contributed by atoms with E-state index < -0.39 is 4.92 Å². The van der Waals surface area contributed by atoms with Gasteiger partial charge in [0, 0.05) is 12.6 Å². The Morgan fingerprint density at radius 3 is 2.83 bits per heavy atom. The van der Waals surface area contributed by atoms with Crippen molar-refractivity contribution in [3.63, 3.8) is 0 Å². The van der Waals surface area contributed by atoms with Crippen LogP contribution in [0.5, 0.6) is 5.75 Å². The highest BCUT2D eigenvalue weighted by Gasteiger charge is 2.15. The molecule has 0 saturated carbocycles. The zero-order valence-corrected chi connectivity index (χ0v) is 10.7. The van der Waals surface area contributed by atoms with Gasteiger partial charge in [-0.3, -0.25) is 10.1 Å². The fourth-order valence-corrected chi connectivity index (χ4v) is 1.41. The van der Waals surface area contributed by atoms with Crippen LogP contribution in [0.25, 0.3) is 0 Å². The van der Waals surface area contributed by atoms with Gasteiger partial charge in [0.15, 0.2) is 5.75 Å². The molecule has 0 atom stereocenters. The molecule has 0 amide bonds. The quantitative estimate of drug-likeness (QED) is 0.459. The third-order valence-electron chi connectivity index (χ3n) is 2.27. The van der Waals surface area contributed by atoms with Crippen LogP contribution in [0.3, 0.4) is 0 Å². The summed E-state index contributed by atoms with van der Waals surface area (Å²) in [5.74, 6) is 0.281. The van der Waals surface area contributed by atoms with Gasteiger partial charge < -0.3 is 10.1 Å². The molecule has 18 heavy (non-hydrogen) atoms. The summed E-state index contributed by atoms with van der Waals surface area (Å²) in [6.07, 6.45) is 0. The predicted octanol–water partition coefficient (Wildman–Crippen LogP) is 2.66. The summed E-state index contributed by atoms with van der Waals surface area (Å²) < 4.78 is 5.36. The Labute approximate surface area is 107 Å². The molecule has 0 unspecified atom stereocenters. The molecule has 1 N–H and O–H groups in total. The Kier molecular flexibility index (Phi) is 5.32. The highest BCUT2D eigenvalue weighted by molar-refractivity contribution is 5.48. The van der Waals surface area contributed by atoms with Crippen molar-refractivity contribution in [1.29, 1.82) is 0 Å². The zero-order chi connectivity index (χ0) is 13.5. The molecule has 0 aromatic heterocycles. The summed E-state index contributed by atoms with van der Waals surface area (Å²) in [6, 6.07) is 4.99. The van der Waals surface area contributed by atoms with Gasteiger partial charge in [-0.05, 0) is 30.7 Å². The van der Waals surface area contributed by atoms with E-state index in [0.717, 1.165) is 17.7 Å². The Bertz CT molecular complexity index is 444. The number of benzene rings is 1. The maximum absolute atomic E-state index is 11.0. The minimum atomic E-state index is -0.427. The molecule has 0 spiro atoms. The van der Waals surface area contributed by atoms with Crippen molar-refractivity contribution in [2.45, 2.75) is 20.4 Å². The molecule has 0 heterocycles. The minimum absolute atomic E-state index is 0.00773. The van der Waals surface area contributed by atoms with E-state index in [4.69, 9.17) is 4.74 Å². The molecule has 1 rings (SSSR count). The van der Waals surface area contributed by atoms with Gasteiger partial charge in [-0.15, -0.1) is 0 Å². The average Bonchev–Trinajstić information content (AvgIpc) is 2.34. The van der Waals surface area contributed by atoms with Crippen molar-refractivity contribution in [1.82, 2.24) is 5.32 Å². The molecule has 1 aromatic rings. The van der Waals surface area contributed by atoms with E-state index in [1.54, 1.807) is 6.07 Å². The number of nitrogens with zero attached hydrogens (tertiary/aromatic N) is 1. The molecule has 5 heteroatoms. The van der Waals surface area contributed by atoms with Crippen LogP contribution in [0, 0.1) is 10.1 Å². The van der Waals surface area contributed by atoms with Gasteiger partial charge in [0.05, 0.1) is 4.92 Å². The van der Waals surface area contributed by atoms with Crippen molar-refractivity contribution in [2.75, 3.05) is 13.2 Å². The first-order valence-corrected chi connectivity index (χ1v) is 5.79. The van der Waals surface area contributed by atoms with Crippen molar-refractivity contribution in [3.8, 4) is 5.75 Å². The Morgan fingerprint density at radius 2 is 2.28 bits per heavy atom. The largest absolute Gasteiger partial charge is 0.482 e. The van der Waals surface area contributed by atoms with E-state index >= 15 is 0 Å². The van der Waals surface area contributed by atoms with E-state index in [2.05, 4.69) is 11.9 Å². The summed E-state index contributed by atoms with van der Waals surface area (Å²) >= 11 is 0. The molecule has 0 saturated heterocycles. The van der Waals surface area contributed by atoms with Crippen molar-refractivity contribution in [3.05, 3.63) is 46.0 Å². The fourth-order valence-electron chi connectivity index (χ4n) is 1.41. The highest BCUT2D eigenvalue weighted by Crippen LogP contribution is 2.28. The van der Waals surface area contributed by atoms with Crippen molar-refractivity contribution >= 4 is 5.69 Å². The highest BCUT2D eigenvalue weighted by atomic mass is 16.6. The summed E-state index contributed by atoms with van der Waals surface area (Å²) in [7, 11) is 0.